The summed E-state index contributed by atoms with van der Waals surface area (Å²) in [6.07, 6.45) is 5.63. The van der Waals surface area contributed by atoms with Crippen molar-refractivity contribution in [1.29, 1.82) is 0 Å². The summed E-state index contributed by atoms with van der Waals surface area (Å²) in [5.74, 6) is -0.0680. The van der Waals surface area contributed by atoms with Crippen LogP contribution in [-0.4, -0.2) is 23.6 Å². The molecule has 6 nitrogen and oxygen atoms in total. The molecule has 2 aromatic carbocycles. The van der Waals surface area contributed by atoms with Gasteiger partial charge in [-0.3, -0.25) is 4.79 Å². The van der Waals surface area contributed by atoms with Crippen LogP contribution in [0.5, 0.6) is 5.75 Å². The molecule has 0 saturated carbocycles. The van der Waals surface area contributed by atoms with Crippen LogP contribution in [0.25, 0.3) is 0 Å². The molecule has 0 fully saturated rings. The van der Waals surface area contributed by atoms with Crippen LogP contribution in [0, 0.1) is 0 Å². The minimum absolute atomic E-state index is 0.231. The van der Waals surface area contributed by atoms with Crippen molar-refractivity contribution >= 4 is 23.3 Å². The molecule has 0 saturated heterocycles. The fourth-order valence-electron chi connectivity index (χ4n) is 3.90. The monoisotopic (exact) mass is 481 g/mol. The Kier molecular flexibility index (Phi) is 9.75. The van der Waals surface area contributed by atoms with Crippen molar-refractivity contribution in [3.8, 4) is 5.75 Å². The number of hydrogen-bond acceptors (Lipinski definition) is 3. The molecule has 0 atom stereocenters. The highest BCUT2D eigenvalue weighted by atomic mass is 16.3. The number of nitrogens with one attached hydrogen (secondary N) is 3. The normalized spacial score (nSPS) is 11.7. The maximum Gasteiger partial charge on any atom is 0.319 e. The van der Waals surface area contributed by atoms with Crippen molar-refractivity contribution in [2.75, 3.05) is 17.2 Å². The molecular formula is C29H43N3O3. The van der Waals surface area contributed by atoms with E-state index >= 15 is 0 Å². The van der Waals surface area contributed by atoms with Crippen LogP contribution < -0.4 is 16.0 Å². The number of aromatic hydroxyl groups is 1. The standard InChI is InChI=1S/C29H43N3O3/c1-8-9-10-11-14-17-30-27(35)32-24-16-13-12-15-23(24)31-26(34)20-18-21(28(2,3)4)25(33)22(19-20)29(5,6)7/h12-13,15-16,18-19,33H,8-11,14,17H2,1-7H3,(H,31,34)(H2,30,32,35). The van der Waals surface area contributed by atoms with E-state index in [0.717, 1.165) is 24.0 Å². The number of carbonyl (C=O) groups is 2. The van der Waals surface area contributed by atoms with Gasteiger partial charge in [-0.25, -0.2) is 4.79 Å². The number of amides is 3. The van der Waals surface area contributed by atoms with Gasteiger partial charge in [0.25, 0.3) is 5.91 Å². The quantitative estimate of drug-likeness (QED) is 0.283. The lowest BCUT2D eigenvalue weighted by atomic mass is 9.78. The molecule has 2 rings (SSSR count). The summed E-state index contributed by atoms with van der Waals surface area (Å²) in [5.41, 5.74) is 2.26. The van der Waals surface area contributed by atoms with E-state index in [4.69, 9.17) is 0 Å². The third kappa shape index (κ3) is 8.30. The lowest BCUT2D eigenvalue weighted by molar-refractivity contribution is 0.102. The first-order chi connectivity index (χ1) is 16.3. The predicted octanol–water partition coefficient (Wildman–Crippen LogP) is 7.33. The molecule has 0 aromatic heterocycles. The van der Waals surface area contributed by atoms with Gasteiger partial charge in [-0.1, -0.05) is 86.3 Å². The second-order valence-corrected chi connectivity index (χ2v) is 11.2. The first kappa shape index (κ1) is 28.2. The van der Waals surface area contributed by atoms with Gasteiger partial charge < -0.3 is 21.1 Å². The maximum absolute atomic E-state index is 13.3. The topological polar surface area (TPSA) is 90.5 Å². The number of hydrogen-bond donors (Lipinski definition) is 4. The molecular weight excluding hydrogens is 438 g/mol. The lowest BCUT2D eigenvalue weighted by Crippen LogP contribution is -2.30. The smallest absolute Gasteiger partial charge is 0.319 e. The summed E-state index contributed by atoms with van der Waals surface area (Å²) in [4.78, 5) is 25.7. The average molecular weight is 482 g/mol. The number of urea groups is 1. The molecule has 0 unspecified atom stereocenters. The van der Waals surface area contributed by atoms with Crippen LogP contribution in [0.4, 0.5) is 16.2 Å². The third-order valence-electron chi connectivity index (χ3n) is 5.98. The summed E-state index contributed by atoms with van der Waals surface area (Å²) in [6.45, 7) is 14.9. The van der Waals surface area contributed by atoms with Crippen LogP contribution in [-0.2, 0) is 10.8 Å². The SMILES string of the molecule is CCCCCCCNC(=O)Nc1ccccc1NC(=O)c1cc(C(C)(C)C)c(O)c(C(C)(C)C)c1. The number of anilines is 2. The van der Waals surface area contributed by atoms with E-state index in [9.17, 15) is 14.7 Å². The van der Waals surface area contributed by atoms with Gasteiger partial charge in [-0.2, -0.15) is 0 Å². The number of benzene rings is 2. The van der Waals surface area contributed by atoms with Gasteiger partial charge in [0.1, 0.15) is 5.75 Å². The second kappa shape index (κ2) is 12.1. The number of unbranched alkanes of at least 4 members (excludes halogenated alkanes) is 4. The zero-order valence-electron chi connectivity index (χ0n) is 22.5. The van der Waals surface area contributed by atoms with Crippen molar-refractivity contribution in [2.24, 2.45) is 0 Å². The summed E-state index contributed by atoms with van der Waals surface area (Å²) >= 11 is 0. The van der Waals surface area contributed by atoms with E-state index in [-0.39, 0.29) is 28.5 Å². The molecule has 0 aliphatic heterocycles. The van der Waals surface area contributed by atoms with Crippen LogP contribution >= 0.6 is 0 Å². The summed E-state index contributed by atoms with van der Waals surface area (Å²) in [6, 6.07) is 10.3. The summed E-state index contributed by atoms with van der Waals surface area (Å²) < 4.78 is 0. The number of phenolic OH excluding ortho intramolecular Hbond substituents is 1. The zero-order chi connectivity index (χ0) is 26.2. The Balaban J connectivity index is 2.19. The molecule has 6 heteroatoms. The van der Waals surface area contributed by atoms with E-state index in [1.165, 1.54) is 19.3 Å². The van der Waals surface area contributed by atoms with Crippen molar-refractivity contribution in [1.82, 2.24) is 5.32 Å². The first-order valence-electron chi connectivity index (χ1n) is 12.7. The molecule has 0 aliphatic rings. The Morgan fingerprint density at radius 2 is 1.31 bits per heavy atom. The zero-order valence-corrected chi connectivity index (χ0v) is 22.5. The molecule has 2 aromatic rings. The maximum atomic E-state index is 13.3. The van der Waals surface area contributed by atoms with E-state index < -0.39 is 0 Å². The summed E-state index contributed by atoms with van der Waals surface area (Å²) in [7, 11) is 0. The largest absolute Gasteiger partial charge is 0.507 e. The molecule has 0 aliphatic carbocycles. The number of para-hydroxylation sites is 2. The van der Waals surface area contributed by atoms with E-state index in [2.05, 4.69) is 22.9 Å². The minimum atomic E-state index is -0.339. The molecule has 4 N–H and O–H groups in total. The van der Waals surface area contributed by atoms with Gasteiger partial charge in [0, 0.05) is 23.2 Å². The van der Waals surface area contributed by atoms with Gasteiger partial charge in [-0.05, 0) is 41.5 Å². The fraction of sp³-hybridized carbons (Fsp3) is 0.517. The van der Waals surface area contributed by atoms with Crippen LogP contribution in [0.3, 0.4) is 0 Å². The van der Waals surface area contributed by atoms with Crippen molar-refractivity contribution in [3.05, 3.63) is 53.1 Å². The molecule has 0 heterocycles. The number of carbonyl (C=O) groups excluding carboxylic acids is 2. The molecule has 0 radical (unpaired) electrons. The van der Waals surface area contributed by atoms with Crippen LogP contribution in [0.15, 0.2) is 36.4 Å². The van der Waals surface area contributed by atoms with Gasteiger partial charge in [0.2, 0.25) is 0 Å². The third-order valence-corrected chi connectivity index (χ3v) is 5.98. The van der Waals surface area contributed by atoms with Gasteiger partial charge in [0.15, 0.2) is 0 Å². The number of rotatable bonds is 9. The summed E-state index contributed by atoms with van der Waals surface area (Å²) in [5, 5.41) is 19.6. The van der Waals surface area contributed by atoms with Gasteiger partial charge >= 0.3 is 6.03 Å². The van der Waals surface area contributed by atoms with Gasteiger partial charge in [0.05, 0.1) is 11.4 Å². The molecule has 0 bridgehead atoms. The van der Waals surface area contributed by atoms with Crippen LogP contribution in [0.2, 0.25) is 0 Å². The molecule has 0 spiro atoms. The van der Waals surface area contributed by atoms with E-state index in [1.54, 1.807) is 24.3 Å². The Hall–Kier alpha value is -3.02. The highest BCUT2D eigenvalue weighted by Gasteiger charge is 2.28. The Morgan fingerprint density at radius 1 is 0.800 bits per heavy atom. The Morgan fingerprint density at radius 3 is 1.83 bits per heavy atom. The predicted molar refractivity (Wildman–Crippen MR) is 146 cm³/mol. The molecule has 35 heavy (non-hydrogen) atoms. The molecule has 3 amide bonds. The highest BCUT2D eigenvalue weighted by Crippen LogP contribution is 2.40. The Labute approximate surface area is 210 Å². The van der Waals surface area contributed by atoms with E-state index in [1.807, 2.05) is 53.7 Å². The number of phenols is 1. The Bertz CT molecular complexity index is 982. The minimum Gasteiger partial charge on any atom is -0.507 e. The van der Waals surface area contributed by atoms with Crippen molar-refractivity contribution < 1.29 is 14.7 Å². The van der Waals surface area contributed by atoms with Crippen molar-refractivity contribution in [2.45, 2.75) is 91.4 Å². The van der Waals surface area contributed by atoms with Gasteiger partial charge in [-0.15, -0.1) is 0 Å². The van der Waals surface area contributed by atoms with E-state index in [0.29, 0.717) is 23.5 Å². The first-order valence-corrected chi connectivity index (χ1v) is 12.7. The lowest BCUT2D eigenvalue weighted by Gasteiger charge is -2.28. The fourth-order valence-corrected chi connectivity index (χ4v) is 3.90. The second-order valence-electron chi connectivity index (χ2n) is 11.2. The molecule has 192 valence electrons. The highest BCUT2D eigenvalue weighted by molar-refractivity contribution is 6.07. The van der Waals surface area contributed by atoms with Crippen molar-refractivity contribution in [3.63, 3.8) is 0 Å². The van der Waals surface area contributed by atoms with Crippen LogP contribution in [0.1, 0.15) is 102 Å². The average Bonchev–Trinajstić information content (AvgIpc) is 2.76.